The molecule has 12 heavy (non-hydrogen) atoms. The minimum Gasteiger partial charge on any atom is -0.387 e. The summed E-state index contributed by atoms with van der Waals surface area (Å²) in [6.45, 7) is 3.90. The molecule has 0 saturated heterocycles. The van der Waals surface area contributed by atoms with Crippen molar-refractivity contribution in [1.29, 1.82) is 0 Å². The summed E-state index contributed by atoms with van der Waals surface area (Å²) in [5, 5.41) is 9.47. The number of rotatable bonds is 3. The van der Waals surface area contributed by atoms with Gasteiger partial charge in [-0.1, -0.05) is 36.9 Å². The summed E-state index contributed by atoms with van der Waals surface area (Å²) in [6, 6.07) is 7.54. The third-order valence-corrected chi connectivity index (χ3v) is 1.80. The Morgan fingerprint density at radius 1 is 1.50 bits per heavy atom. The number of hydrogen-bond donors (Lipinski definition) is 2. The van der Waals surface area contributed by atoms with Gasteiger partial charge in [0.2, 0.25) is 0 Å². The first-order valence-corrected chi connectivity index (χ1v) is 3.89. The van der Waals surface area contributed by atoms with Gasteiger partial charge in [-0.25, -0.2) is 0 Å². The fourth-order valence-electron chi connectivity index (χ4n) is 1.13. The first-order valence-electron chi connectivity index (χ1n) is 3.89. The van der Waals surface area contributed by atoms with E-state index in [0.29, 0.717) is 0 Å². The number of aliphatic hydroxyl groups is 1. The highest BCUT2D eigenvalue weighted by Gasteiger charge is 2.06. The standard InChI is InChI=1S/C10H13NO/c1-2-8-5-3-4-6-9(8)10(12)7-11/h2-6,10,12H,1,7,11H2. The van der Waals surface area contributed by atoms with E-state index in [1.54, 1.807) is 6.08 Å². The largest absolute Gasteiger partial charge is 0.387 e. The van der Waals surface area contributed by atoms with Crippen LogP contribution >= 0.6 is 0 Å². The Balaban J connectivity index is 3.04. The molecule has 1 rings (SSSR count). The summed E-state index contributed by atoms with van der Waals surface area (Å²) in [5.74, 6) is 0. The van der Waals surface area contributed by atoms with Gasteiger partial charge in [0.15, 0.2) is 0 Å². The quantitative estimate of drug-likeness (QED) is 0.706. The zero-order chi connectivity index (χ0) is 8.97. The molecule has 1 aromatic rings. The van der Waals surface area contributed by atoms with Gasteiger partial charge < -0.3 is 10.8 Å². The lowest BCUT2D eigenvalue weighted by molar-refractivity contribution is 0.186. The highest BCUT2D eigenvalue weighted by Crippen LogP contribution is 2.17. The van der Waals surface area contributed by atoms with Gasteiger partial charge >= 0.3 is 0 Å². The Morgan fingerprint density at radius 2 is 2.17 bits per heavy atom. The van der Waals surface area contributed by atoms with Crippen molar-refractivity contribution in [1.82, 2.24) is 0 Å². The average molecular weight is 163 g/mol. The second-order valence-corrected chi connectivity index (χ2v) is 2.58. The van der Waals surface area contributed by atoms with Crippen molar-refractivity contribution >= 4 is 6.08 Å². The van der Waals surface area contributed by atoms with Crippen molar-refractivity contribution in [2.45, 2.75) is 6.10 Å². The van der Waals surface area contributed by atoms with Gasteiger partial charge in [-0.3, -0.25) is 0 Å². The normalized spacial score (nSPS) is 12.5. The fraction of sp³-hybridized carbons (Fsp3) is 0.200. The number of hydrogen-bond acceptors (Lipinski definition) is 2. The molecule has 3 N–H and O–H groups in total. The predicted molar refractivity (Wildman–Crippen MR) is 50.5 cm³/mol. The van der Waals surface area contributed by atoms with Crippen LogP contribution in [0.2, 0.25) is 0 Å². The van der Waals surface area contributed by atoms with Gasteiger partial charge in [-0.05, 0) is 11.1 Å². The van der Waals surface area contributed by atoms with Gasteiger partial charge in [0.05, 0.1) is 6.10 Å². The Kier molecular flexibility index (Phi) is 3.02. The van der Waals surface area contributed by atoms with Crippen LogP contribution in [0.1, 0.15) is 17.2 Å². The lowest BCUT2D eigenvalue weighted by Gasteiger charge is -2.10. The first-order chi connectivity index (χ1) is 5.79. The third-order valence-electron chi connectivity index (χ3n) is 1.80. The summed E-state index contributed by atoms with van der Waals surface area (Å²) in [5.41, 5.74) is 7.13. The minimum atomic E-state index is -0.584. The van der Waals surface area contributed by atoms with Crippen molar-refractivity contribution in [3.8, 4) is 0 Å². The van der Waals surface area contributed by atoms with E-state index in [0.717, 1.165) is 11.1 Å². The van der Waals surface area contributed by atoms with Gasteiger partial charge in [-0.2, -0.15) is 0 Å². The molecule has 1 unspecified atom stereocenters. The summed E-state index contributed by atoms with van der Waals surface area (Å²) < 4.78 is 0. The lowest BCUT2D eigenvalue weighted by atomic mass is 10.0. The first kappa shape index (κ1) is 8.97. The maximum atomic E-state index is 9.47. The molecule has 2 heteroatoms. The molecule has 0 heterocycles. The summed E-state index contributed by atoms with van der Waals surface area (Å²) in [7, 11) is 0. The van der Waals surface area contributed by atoms with E-state index in [1.807, 2.05) is 24.3 Å². The summed E-state index contributed by atoms with van der Waals surface area (Å²) >= 11 is 0. The van der Waals surface area contributed by atoms with Crippen LogP contribution in [0.15, 0.2) is 30.8 Å². The highest BCUT2D eigenvalue weighted by molar-refractivity contribution is 5.52. The smallest absolute Gasteiger partial charge is 0.0918 e. The van der Waals surface area contributed by atoms with Crippen LogP contribution in [-0.4, -0.2) is 11.7 Å². The molecule has 0 spiro atoms. The fourth-order valence-corrected chi connectivity index (χ4v) is 1.13. The molecule has 1 aromatic carbocycles. The second kappa shape index (κ2) is 4.04. The van der Waals surface area contributed by atoms with Crippen LogP contribution in [-0.2, 0) is 0 Å². The van der Waals surface area contributed by atoms with Gasteiger partial charge in [0.1, 0.15) is 0 Å². The van der Waals surface area contributed by atoms with E-state index in [4.69, 9.17) is 5.73 Å². The molecular formula is C10H13NO. The Hall–Kier alpha value is -1.12. The SMILES string of the molecule is C=Cc1ccccc1C(O)CN. The van der Waals surface area contributed by atoms with Crippen LogP contribution in [0, 0.1) is 0 Å². The van der Waals surface area contributed by atoms with E-state index in [1.165, 1.54) is 0 Å². The predicted octanol–water partition coefficient (Wildman–Crippen LogP) is 1.32. The molecule has 0 radical (unpaired) electrons. The number of nitrogens with two attached hydrogens (primary N) is 1. The van der Waals surface area contributed by atoms with Crippen LogP contribution in [0.25, 0.3) is 6.08 Å². The molecule has 1 atom stereocenters. The minimum absolute atomic E-state index is 0.241. The molecule has 0 fully saturated rings. The molecule has 0 aliphatic carbocycles. The maximum Gasteiger partial charge on any atom is 0.0918 e. The van der Waals surface area contributed by atoms with Crippen molar-refractivity contribution in [2.24, 2.45) is 5.73 Å². The van der Waals surface area contributed by atoms with Crippen LogP contribution in [0.5, 0.6) is 0 Å². The second-order valence-electron chi connectivity index (χ2n) is 2.58. The lowest BCUT2D eigenvalue weighted by Crippen LogP contribution is -2.12. The average Bonchev–Trinajstić information content (AvgIpc) is 2.16. The number of benzene rings is 1. The van der Waals surface area contributed by atoms with E-state index in [2.05, 4.69) is 6.58 Å². The van der Waals surface area contributed by atoms with Crippen LogP contribution in [0.4, 0.5) is 0 Å². The van der Waals surface area contributed by atoms with Gasteiger partial charge in [0.25, 0.3) is 0 Å². The molecule has 0 aliphatic heterocycles. The number of aliphatic hydroxyl groups excluding tert-OH is 1. The molecular weight excluding hydrogens is 150 g/mol. The van der Waals surface area contributed by atoms with Gasteiger partial charge in [0, 0.05) is 6.54 Å². The zero-order valence-corrected chi connectivity index (χ0v) is 6.90. The molecule has 2 nitrogen and oxygen atoms in total. The van der Waals surface area contributed by atoms with E-state index >= 15 is 0 Å². The van der Waals surface area contributed by atoms with E-state index in [9.17, 15) is 5.11 Å². The summed E-state index contributed by atoms with van der Waals surface area (Å²) in [4.78, 5) is 0. The third kappa shape index (κ3) is 1.72. The molecule has 0 saturated carbocycles. The topological polar surface area (TPSA) is 46.2 Å². The Bertz CT molecular complexity index is 270. The van der Waals surface area contributed by atoms with Crippen molar-refractivity contribution < 1.29 is 5.11 Å². The monoisotopic (exact) mass is 163 g/mol. The van der Waals surface area contributed by atoms with Gasteiger partial charge in [-0.15, -0.1) is 0 Å². The van der Waals surface area contributed by atoms with Crippen molar-refractivity contribution in [3.05, 3.63) is 42.0 Å². The molecule has 0 bridgehead atoms. The Labute approximate surface area is 72.3 Å². The van der Waals surface area contributed by atoms with Crippen molar-refractivity contribution in [3.63, 3.8) is 0 Å². The molecule has 0 aliphatic rings. The molecule has 0 aromatic heterocycles. The molecule has 0 amide bonds. The maximum absolute atomic E-state index is 9.47. The van der Waals surface area contributed by atoms with E-state index in [-0.39, 0.29) is 6.54 Å². The summed E-state index contributed by atoms with van der Waals surface area (Å²) in [6.07, 6.45) is 1.13. The van der Waals surface area contributed by atoms with Crippen LogP contribution < -0.4 is 5.73 Å². The zero-order valence-electron chi connectivity index (χ0n) is 6.90. The van der Waals surface area contributed by atoms with E-state index < -0.39 is 6.10 Å². The Morgan fingerprint density at radius 3 is 2.75 bits per heavy atom. The van der Waals surface area contributed by atoms with Crippen LogP contribution in [0.3, 0.4) is 0 Å². The van der Waals surface area contributed by atoms with Crippen molar-refractivity contribution in [2.75, 3.05) is 6.54 Å². The highest BCUT2D eigenvalue weighted by atomic mass is 16.3. The molecule has 64 valence electrons.